The normalized spacial score (nSPS) is 15.1. The van der Waals surface area contributed by atoms with Gasteiger partial charge in [-0.2, -0.15) is 0 Å². The fourth-order valence-corrected chi connectivity index (χ4v) is 4.05. The first-order chi connectivity index (χ1) is 15.7. The van der Waals surface area contributed by atoms with Crippen LogP contribution in [0.15, 0.2) is 24.3 Å². The van der Waals surface area contributed by atoms with Crippen LogP contribution in [0.3, 0.4) is 0 Å². The molecule has 1 atom stereocenters. The first kappa shape index (κ1) is 26.2. The standard InChI is InChI=1S/C26H37N3O4/c1-6-17-29(22(30)18-27-25(32)33-26(3,4)5)23(21-16-12-11-13-19(21)7-2)24(31)28-20-14-9-8-10-15-20/h2,11-13,16,20,23H,6,8-10,14-15,17-18H2,1,3-5H3,(H,27,32)(H,28,31). The van der Waals surface area contributed by atoms with Gasteiger partial charge in [-0.05, 0) is 51.7 Å². The molecule has 1 aliphatic carbocycles. The number of rotatable bonds is 8. The van der Waals surface area contributed by atoms with E-state index in [9.17, 15) is 14.4 Å². The van der Waals surface area contributed by atoms with Gasteiger partial charge < -0.3 is 20.3 Å². The highest BCUT2D eigenvalue weighted by molar-refractivity contribution is 5.91. The lowest BCUT2D eigenvalue weighted by Gasteiger charge is -2.34. The monoisotopic (exact) mass is 455 g/mol. The molecule has 1 fully saturated rings. The number of benzene rings is 1. The lowest BCUT2D eigenvalue weighted by Crippen LogP contribution is -2.50. The Bertz CT molecular complexity index is 863. The Morgan fingerprint density at radius 3 is 2.45 bits per heavy atom. The summed E-state index contributed by atoms with van der Waals surface area (Å²) >= 11 is 0. The zero-order valence-corrected chi connectivity index (χ0v) is 20.3. The number of hydrogen-bond acceptors (Lipinski definition) is 4. The smallest absolute Gasteiger partial charge is 0.408 e. The quantitative estimate of drug-likeness (QED) is 0.582. The van der Waals surface area contributed by atoms with Crippen LogP contribution in [0.1, 0.15) is 83.4 Å². The van der Waals surface area contributed by atoms with Crippen LogP contribution in [-0.2, 0) is 14.3 Å². The van der Waals surface area contributed by atoms with Crippen LogP contribution in [0, 0.1) is 12.3 Å². The van der Waals surface area contributed by atoms with E-state index in [1.54, 1.807) is 32.9 Å². The summed E-state index contributed by atoms with van der Waals surface area (Å²) in [6, 6.07) is 6.38. The zero-order valence-electron chi connectivity index (χ0n) is 20.3. The molecule has 2 rings (SSSR count). The molecule has 1 unspecified atom stereocenters. The predicted octanol–water partition coefficient (Wildman–Crippen LogP) is 3.92. The molecule has 0 aliphatic heterocycles. The molecule has 2 N–H and O–H groups in total. The van der Waals surface area contributed by atoms with Crippen molar-refractivity contribution in [1.82, 2.24) is 15.5 Å². The number of terminal acetylenes is 1. The predicted molar refractivity (Wildman–Crippen MR) is 128 cm³/mol. The lowest BCUT2D eigenvalue weighted by atomic mass is 9.93. The van der Waals surface area contributed by atoms with Crippen LogP contribution in [0.4, 0.5) is 4.79 Å². The number of ether oxygens (including phenoxy) is 1. The Balaban J connectivity index is 2.30. The molecule has 0 bridgehead atoms. The maximum absolute atomic E-state index is 13.5. The fourth-order valence-electron chi connectivity index (χ4n) is 4.05. The Morgan fingerprint density at radius 2 is 1.85 bits per heavy atom. The van der Waals surface area contributed by atoms with Crippen molar-refractivity contribution >= 4 is 17.9 Å². The Labute approximate surface area is 197 Å². The van der Waals surface area contributed by atoms with Gasteiger partial charge >= 0.3 is 6.09 Å². The first-order valence-corrected chi connectivity index (χ1v) is 11.8. The third kappa shape index (κ3) is 8.12. The van der Waals surface area contributed by atoms with Crippen LogP contribution in [0.25, 0.3) is 0 Å². The summed E-state index contributed by atoms with van der Waals surface area (Å²) in [5, 5.41) is 5.65. The molecule has 1 aliphatic rings. The summed E-state index contributed by atoms with van der Waals surface area (Å²) < 4.78 is 5.23. The van der Waals surface area contributed by atoms with Gasteiger partial charge in [0.2, 0.25) is 11.8 Å². The van der Waals surface area contributed by atoms with Crippen molar-refractivity contribution < 1.29 is 19.1 Å². The van der Waals surface area contributed by atoms with E-state index in [0.29, 0.717) is 24.1 Å². The molecular weight excluding hydrogens is 418 g/mol. The van der Waals surface area contributed by atoms with Crippen LogP contribution >= 0.6 is 0 Å². The Morgan fingerprint density at radius 1 is 1.18 bits per heavy atom. The Kier molecular flexibility index (Phi) is 9.77. The summed E-state index contributed by atoms with van der Waals surface area (Å²) in [7, 11) is 0. The molecule has 7 nitrogen and oxygen atoms in total. The van der Waals surface area contributed by atoms with Crippen molar-refractivity contribution in [2.45, 2.75) is 83.9 Å². The van der Waals surface area contributed by atoms with Crippen molar-refractivity contribution in [1.29, 1.82) is 0 Å². The molecule has 3 amide bonds. The van der Waals surface area contributed by atoms with Gasteiger partial charge in [0.05, 0.1) is 0 Å². The van der Waals surface area contributed by atoms with Gasteiger partial charge in [-0.1, -0.05) is 50.3 Å². The zero-order chi connectivity index (χ0) is 24.4. The van der Waals surface area contributed by atoms with Gasteiger partial charge in [-0.25, -0.2) is 4.79 Å². The largest absolute Gasteiger partial charge is 0.444 e. The minimum absolute atomic E-state index is 0.0882. The van der Waals surface area contributed by atoms with E-state index in [-0.39, 0.29) is 24.4 Å². The van der Waals surface area contributed by atoms with E-state index < -0.39 is 17.7 Å². The average Bonchev–Trinajstić information content (AvgIpc) is 2.77. The molecule has 0 heterocycles. The molecular formula is C26H37N3O4. The molecule has 0 saturated heterocycles. The van der Waals surface area contributed by atoms with Crippen molar-refractivity contribution in [2.75, 3.05) is 13.1 Å². The van der Waals surface area contributed by atoms with Crippen LogP contribution < -0.4 is 10.6 Å². The first-order valence-electron chi connectivity index (χ1n) is 11.8. The summed E-state index contributed by atoms with van der Waals surface area (Å²) in [5.74, 6) is 2.02. The number of carbonyl (C=O) groups excluding carboxylic acids is 3. The number of alkyl carbamates (subject to hydrolysis) is 1. The lowest BCUT2D eigenvalue weighted by molar-refractivity contribution is -0.140. The number of hydrogen-bond donors (Lipinski definition) is 2. The highest BCUT2D eigenvalue weighted by atomic mass is 16.6. The average molecular weight is 456 g/mol. The van der Waals surface area contributed by atoms with E-state index >= 15 is 0 Å². The molecule has 0 aromatic heterocycles. The third-order valence-electron chi connectivity index (χ3n) is 5.49. The molecule has 0 radical (unpaired) electrons. The minimum Gasteiger partial charge on any atom is -0.444 e. The molecule has 1 saturated carbocycles. The summed E-state index contributed by atoms with van der Waals surface area (Å²) in [4.78, 5) is 40.4. The van der Waals surface area contributed by atoms with Gasteiger partial charge in [0.1, 0.15) is 18.2 Å². The van der Waals surface area contributed by atoms with Gasteiger partial charge in [0.25, 0.3) is 0 Å². The molecule has 0 spiro atoms. The van der Waals surface area contributed by atoms with E-state index in [1.807, 2.05) is 19.1 Å². The highest BCUT2D eigenvalue weighted by Crippen LogP contribution is 2.26. The van der Waals surface area contributed by atoms with Gasteiger partial charge in [-0.15, -0.1) is 6.42 Å². The van der Waals surface area contributed by atoms with Crippen molar-refractivity contribution in [3.05, 3.63) is 35.4 Å². The van der Waals surface area contributed by atoms with Gasteiger partial charge in [0.15, 0.2) is 0 Å². The number of nitrogens with one attached hydrogen (secondary N) is 2. The molecule has 7 heteroatoms. The molecule has 180 valence electrons. The van der Waals surface area contributed by atoms with Crippen LogP contribution in [-0.4, -0.2) is 47.5 Å². The number of amides is 3. The second kappa shape index (κ2) is 12.3. The van der Waals surface area contributed by atoms with Crippen molar-refractivity contribution in [3.8, 4) is 12.3 Å². The molecule has 33 heavy (non-hydrogen) atoms. The van der Waals surface area contributed by atoms with E-state index in [1.165, 1.54) is 11.3 Å². The highest BCUT2D eigenvalue weighted by Gasteiger charge is 2.34. The van der Waals surface area contributed by atoms with E-state index in [0.717, 1.165) is 25.7 Å². The van der Waals surface area contributed by atoms with Crippen molar-refractivity contribution in [3.63, 3.8) is 0 Å². The Hall–Kier alpha value is -3.01. The summed E-state index contributed by atoms with van der Waals surface area (Å²) in [6.45, 7) is 7.25. The maximum atomic E-state index is 13.5. The molecule has 1 aromatic carbocycles. The molecule has 1 aromatic rings. The topological polar surface area (TPSA) is 87.7 Å². The maximum Gasteiger partial charge on any atom is 0.408 e. The second-order valence-electron chi connectivity index (χ2n) is 9.42. The third-order valence-corrected chi connectivity index (χ3v) is 5.49. The summed E-state index contributed by atoms with van der Waals surface area (Å²) in [5.41, 5.74) is 0.493. The van der Waals surface area contributed by atoms with E-state index in [2.05, 4.69) is 16.6 Å². The summed E-state index contributed by atoms with van der Waals surface area (Å²) in [6.07, 6.45) is 10.9. The van der Waals surface area contributed by atoms with E-state index in [4.69, 9.17) is 11.2 Å². The fraction of sp³-hybridized carbons (Fsp3) is 0.577. The number of carbonyl (C=O) groups is 3. The van der Waals surface area contributed by atoms with Crippen LogP contribution in [0.5, 0.6) is 0 Å². The number of nitrogens with zero attached hydrogens (tertiary/aromatic N) is 1. The second-order valence-corrected chi connectivity index (χ2v) is 9.42. The minimum atomic E-state index is -0.882. The SMILES string of the molecule is C#Cc1ccccc1C(C(=O)NC1CCCCC1)N(CCC)C(=O)CNC(=O)OC(C)(C)C. The van der Waals surface area contributed by atoms with Gasteiger partial charge in [-0.3, -0.25) is 9.59 Å². The van der Waals surface area contributed by atoms with Crippen LogP contribution in [0.2, 0.25) is 0 Å². The van der Waals surface area contributed by atoms with Crippen molar-refractivity contribution in [2.24, 2.45) is 0 Å². The van der Waals surface area contributed by atoms with Gasteiger partial charge in [0, 0.05) is 18.2 Å².